The summed E-state index contributed by atoms with van der Waals surface area (Å²) in [5, 5.41) is 11.8. The van der Waals surface area contributed by atoms with Gasteiger partial charge in [0.1, 0.15) is 0 Å². The van der Waals surface area contributed by atoms with Crippen LogP contribution in [0, 0.1) is 5.92 Å². The highest BCUT2D eigenvalue weighted by atomic mass is 19.4. The first-order valence-corrected chi connectivity index (χ1v) is 7.69. The maximum atomic E-state index is 12.6. The molecule has 0 spiro atoms. The lowest BCUT2D eigenvalue weighted by atomic mass is 9.99. The highest BCUT2D eigenvalue weighted by Crippen LogP contribution is 2.29. The molecule has 1 aromatic carbocycles. The smallest absolute Gasteiger partial charge is 0.396 e. The van der Waals surface area contributed by atoms with E-state index < -0.39 is 17.6 Å². The Morgan fingerprint density at radius 1 is 1.39 bits per heavy atom. The summed E-state index contributed by atoms with van der Waals surface area (Å²) < 4.78 is 37.9. The largest absolute Gasteiger partial charge is 0.416 e. The minimum Gasteiger partial charge on any atom is -0.396 e. The number of piperidine rings is 1. The van der Waals surface area contributed by atoms with Gasteiger partial charge >= 0.3 is 6.18 Å². The Morgan fingerprint density at radius 3 is 2.87 bits per heavy atom. The standard InChI is InChI=1S/C16H21F3N2O2/c17-16(18,19)14-5-1-4-13(9-14)15(23)20-6-8-21-7-2-3-12(10-21)11-22/h1,4-5,9,12,22H,2-3,6-8,10-11H2,(H,20,23)/t12-/m1/s1. The van der Waals surface area contributed by atoms with Crippen molar-refractivity contribution >= 4 is 5.91 Å². The Hall–Kier alpha value is -1.60. The molecule has 23 heavy (non-hydrogen) atoms. The summed E-state index contributed by atoms with van der Waals surface area (Å²) in [5.74, 6) is -0.241. The maximum absolute atomic E-state index is 12.6. The lowest BCUT2D eigenvalue weighted by molar-refractivity contribution is -0.137. The van der Waals surface area contributed by atoms with Crippen LogP contribution in [0.1, 0.15) is 28.8 Å². The van der Waals surface area contributed by atoms with E-state index in [1.807, 2.05) is 0 Å². The predicted octanol–water partition coefficient (Wildman–Crippen LogP) is 2.14. The molecule has 0 unspecified atom stereocenters. The van der Waals surface area contributed by atoms with Gasteiger partial charge in [0.15, 0.2) is 0 Å². The number of hydrogen-bond acceptors (Lipinski definition) is 3. The molecule has 1 amide bonds. The molecule has 0 aromatic heterocycles. The van der Waals surface area contributed by atoms with E-state index in [4.69, 9.17) is 0 Å². The van der Waals surface area contributed by atoms with Gasteiger partial charge in [0.2, 0.25) is 0 Å². The van der Waals surface area contributed by atoms with Gasteiger partial charge in [-0.05, 0) is 43.5 Å². The number of halogens is 3. The van der Waals surface area contributed by atoms with Crippen LogP contribution >= 0.6 is 0 Å². The van der Waals surface area contributed by atoms with Crippen molar-refractivity contribution in [3.63, 3.8) is 0 Å². The summed E-state index contributed by atoms with van der Waals surface area (Å²) in [4.78, 5) is 14.1. The molecule has 1 aliphatic rings. The fourth-order valence-corrected chi connectivity index (χ4v) is 2.77. The van der Waals surface area contributed by atoms with Crippen molar-refractivity contribution in [2.24, 2.45) is 5.92 Å². The van der Waals surface area contributed by atoms with Crippen LogP contribution in [0.2, 0.25) is 0 Å². The molecule has 2 N–H and O–H groups in total. The molecule has 1 fully saturated rings. The zero-order valence-corrected chi connectivity index (χ0v) is 12.8. The second kappa shape index (κ2) is 7.79. The van der Waals surface area contributed by atoms with E-state index in [0.717, 1.165) is 38.1 Å². The monoisotopic (exact) mass is 330 g/mol. The second-order valence-electron chi connectivity index (χ2n) is 5.83. The first-order chi connectivity index (χ1) is 10.9. The van der Waals surface area contributed by atoms with Gasteiger partial charge in [0, 0.05) is 31.8 Å². The Balaban J connectivity index is 1.83. The Morgan fingerprint density at radius 2 is 2.17 bits per heavy atom. The van der Waals surface area contributed by atoms with Gasteiger partial charge in [0.25, 0.3) is 5.91 Å². The summed E-state index contributed by atoms with van der Waals surface area (Å²) in [7, 11) is 0. The topological polar surface area (TPSA) is 52.6 Å². The van der Waals surface area contributed by atoms with Crippen LogP contribution in [0.15, 0.2) is 24.3 Å². The number of aliphatic hydroxyl groups is 1. The molecule has 1 aromatic rings. The van der Waals surface area contributed by atoms with Gasteiger partial charge in [-0.15, -0.1) is 0 Å². The van der Waals surface area contributed by atoms with E-state index >= 15 is 0 Å². The quantitative estimate of drug-likeness (QED) is 0.870. The average molecular weight is 330 g/mol. The number of benzene rings is 1. The predicted molar refractivity (Wildman–Crippen MR) is 80.0 cm³/mol. The van der Waals surface area contributed by atoms with E-state index in [9.17, 15) is 23.1 Å². The molecule has 128 valence electrons. The van der Waals surface area contributed by atoms with E-state index in [1.54, 1.807) is 0 Å². The van der Waals surface area contributed by atoms with Crippen molar-refractivity contribution < 1.29 is 23.1 Å². The van der Waals surface area contributed by atoms with Gasteiger partial charge in [0.05, 0.1) is 5.56 Å². The SMILES string of the molecule is O=C(NCCN1CCC[C@@H](CO)C1)c1cccc(C(F)(F)F)c1. The number of likely N-dealkylation sites (tertiary alicyclic amines) is 1. The highest BCUT2D eigenvalue weighted by molar-refractivity contribution is 5.94. The van der Waals surface area contributed by atoms with Gasteiger partial charge in [-0.25, -0.2) is 0 Å². The maximum Gasteiger partial charge on any atom is 0.416 e. The first kappa shape index (κ1) is 17.7. The highest BCUT2D eigenvalue weighted by Gasteiger charge is 2.30. The summed E-state index contributed by atoms with van der Waals surface area (Å²) in [6, 6.07) is 4.40. The minimum atomic E-state index is -4.45. The van der Waals surface area contributed by atoms with E-state index in [-0.39, 0.29) is 18.1 Å². The van der Waals surface area contributed by atoms with Crippen molar-refractivity contribution in [1.29, 1.82) is 0 Å². The molecule has 1 saturated heterocycles. The third-order valence-corrected chi connectivity index (χ3v) is 4.03. The molecular weight excluding hydrogens is 309 g/mol. The van der Waals surface area contributed by atoms with Crippen LogP contribution in [-0.2, 0) is 6.18 Å². The molecular formula is C16H21F3N2O2. The molecule has 0 radical (unpaired) electrons. The van der Waals surface area contributed by atoms with Crippen LogP contribution in [0.4, 0.5) is 13.2 Å². The van der Waals surface area contributed by atoms with E-state index in [0.29, 0.717) is 13.1 Å². The average Bonchev–Trinajstić information content (AvgIpc) is 2.54. The van der Waals surface area contributed by atoms with Crippen LogP contribution in [0.5, 0.6) is 0 Å². The zero-order valence-electron chi connectivity index (χ0n) is 12.8. The van der Waals surface area contributed by atoms with E-state index in [1.165, 1.54) is 12.1 Å². The number of alkyl halides is 3. The summed E-state index contributed by atoms with van der Waals surface area (Å²) >= 11 is 0. The van der Waals surface area contributed by atoms with Gasteiger partial charge in [-0.3, -0.25) is 4.79 Å². The number of carbonyl (C=O) groups excluding carboxylic acids is 1. The molecule has 0 saturated carbocycles. The first-order valence-electron chi connectivity index (χ1n) is 7.69. The Labute approximate surface area is 133 Å². The number of carbonyl (C=O) groups is 1. The molecule has 1 atom stereocenters. The third kappa shape index (κ3) is 5.21. The normalized spacial score (nSPS) is 19.6. The van der Waals surface area contributed by atoms with Gasteiger partial charge < -0.3 is 15.3 Å². The van der Waals surface area contributed by atoms with Crippen molar-refractivity contribution in [3.05, 3.63) is 35.4 Å². The van der Waals surface area contributed by atoms with Crippen LogP contribution in [0.25, 0.3) is 0 Å². The second-order valence-corrected chi connectivity index (χ2v) is 5.83. The molecule has 7 heteroatoms. The van der Waals surface area contributed by atoms with Crippen LogP contribution < -0.4 is 5.32 Å². The van der Waals surface area contributed by atoms with Crippen molar-refractivity contribution in [1.82, 2.24) is 10.2 Å². The Bertz CT molecular complexity index is 534. The molecule has 0 aliphatic carbocycles. The summed E-state index contributed by atoms with van der Waals surface area (Å²) in [6.45, 7) is 2.85. The van der Waals surface area contributed by atoms with Crippen LogP contribution in [0.3, 0.4) is 0 Å². The summed E-state index contributed by atoms with van der Waals surface area (Å²) in [6.07, 6.45) is -2.44. The van der Waals surface area contributed by atoms with Gasteiger partial charge in [-0.1, -0.05) is 6.07 Å². The van der Waals surface area contributed by atoms with Crippen LogP contribution in [-0.4, -0.2) is 48.7 Å². The Kier molecular flexibility index (Phi) is 6.01. The molecule has 4 nitrogen and oxygen atoms in total. The van der Waals surface area contributed by atoms with E-state index in [2.05, 4.69) is 10.2 Å². The van der Waals surface area contributed by atoms with Crippen molar-refractivity contribution in [3.8, 4) is 0 Å². The van der Waals surface area contributed by atoms with Gasteiger partial charge in [-0.2, -0.15) is 13.2 Å². The number of nitrogens with one attached hydrogen (secondary N) is 1. The van der Waals surface area contributed by atoms with Crippen molar-refractivity contribution in [2.75, 3.05) is 32.8 Å². The molecule has 1 aliphatic heterocycles. The number of rotatable bonds is 5. The number of aliphatic hydroxyl groups excluding tert-OH is 1. The summed E-state index contributed by atoms with van der Waals surface area (Å²) in [5.41, 5.74) is -0.821. The molecule has 2 rings (SSSR count). The fourth-order valence-electron chi connectivity index (χ4n) is 2.77. The minimum absolute atomic E-state index is 0.00621. The number of amides is 1. The number of hydrogen-bond donors (Lipinski definition) is 2. The number of nitrogens with zero attached hydrogens (tertiary/aromatic N) is 1. The molecule has 1 heterocycles. The third-order valence-electron chi connectivity index (χ3n) is 4.03. The lowest BCUT2D eigenvalue weighted by Crippen LogP contribution is -2.41. The fraction of sp³-hybridized carbons (Fsp3) is 0.562. The molecule has 0 bridgehead atoms. The lowest BCUT2D eigenvalue weighted by Gasteiger charge is -2.31. The zero-order chi connectivity index (χ0) is 16.9. The van der Waals surface area contributed by atoms with Crippen molar-refractivity contribution in [2.45, 2.75) is 19.0 Å².